The van der Waals surface area contributed by atoms with Gasteiger partial charge < -0.3 is 5.32 Å². The van der Waals surface area contributed by atoms with Crippen LogP contribution in [0.2, 0.25) is 0 Å². The fraction of sp³-hybridized carbons (Fsp3) is 0.375. The maximum absolute atomic E-state index is 4.25. The lowest BCUT2D eigenvalue weighted by Gasteiger charge is -2.00. The maximum atomic E-state index is 4.25. The smallest absolute Gasteiger partial charge is 0.177 e. The average molecular weight is 192 g/mol. The minimum absolute atomic E-state index is 0.726. The zero-order chi connectivity index (χ0) is 9.97. The Bertz CT molecular complexity index is 415. The Kier molecular flexibility index (Phi) is 2.28. The van der Waals surface area contributed by atoms with Crippen molar-refractivity contribution in [2.24, 2.45) is 7.05 Å². The summed E-state index contributed by atoms with van der Waals surface area (Å²) in [5.41, 5.74) is 0.992. The third kappa shape index (κ3) is 1.51. The minimum atomic E-state index is 0.726. The van der Waals surface area contributed by atoms with Gasteiger partial charge in [-0.05, 0) is 7.05 Å². The number of hydrogen-bond donors (Lipinski definition) is 1. The van der Waals surface area contributed by atoms with Crippen LogP contribution in [0.25, 0.3) is 5.82 Å². The van der Waals surface area contributed by atoms with Gasteiger partial charge in [0.05, 0.1) is 11.9 Å². The van der Waals surface area contributed by atoms with Crippen LogP contribution in [-0.4, -0.2) is 31.8 Å². The number of nitrogens with one attached hydrogen (secondary N) is 1. The van der Waals surface area contributed by atoms with E-state index in [2.05, 4.69) is 20.7 Å². The highest BCUT2D eigenvalue weighted by Crippen LogP contribution is 2.05. The van der Waals surface area contributed by atoms with Crippen molar-refractivity contribution in [3.63, 3.8) is 0 Å². The number of aryl methyl sites for hydroxylation is 1. The third-order valence-electron chi connectivity index (χ3n) is 1.89. The molecule has 0 radical (unpaired) electrons. The summed E-state index contributed by atoms with van der Waals surface area (Å²) in [5, 5.41) is 15.1. The standard InChI is InChI=1S/C8H12N6/c1-9-5-7-6-10-12-14(7)8-3-4-13(2)11-8/h3-4,6,9H,5H2,1-2H3. The van der Waals surface area contributed by atoms with E-state index in [-0.39, 0.29) is 0 Å². The van der Waals surface area contributed by atoms with E-state index in [9.17, 15) is 0 Å². The first-order valence-electron chi connectivity index (χ1n) is 4.35. The number of aromatic nitrogens is 5. The monoisotopic (exact) mass is 192 g/mol. The summed E-state index contributed by atoms with van der Waals surface area (Å²) in [6.07, 6.45) is 3.60. The van der Waals surface area contributed by atoms with E-state index in [1.807, 2.05) is 26.4 Å². The quantitative estimate of drug-likeness (QED) is 0.726. The minimum Gasteiger partial charge on any atom is -0.314 e. The molecular formula is C8H12N6. The second-order valence-corrected chi connectivity index (χ2v) is 3.02. The summed E-state index contributed by atoms with van der Waals surface area (Å²) < 4.78 is 3.46. The van der Waals surface area contributed by atoms with Crippen molar-refractivity contribution in [1.29, 1.82) is 0 Å². The van der Waals surface area contributed by atoms with Crippen LogP contribution in [0.4, 0.5) is 0 Å². The molecule has 0 amide bonds. The molecule has 0 atom stereocenters. The Morgan fingerprint density at radius 1 is 1.50 bits per heavy atom. The van der Waals surface area contributed by atoms with E-state index in [0.717, 1.165) is 18.1 Å². The van der Waals surface area contributed by atoms with Gasteiger partial charge >= 0.3 is 0 Å². The number of rotatable bonds is 3. The van der Waals surface area contributed by atoms with Crippen LogP contribution in [0.5, 0.6) is 0 Å². The van der Waals surface area contributed by atoms with E-state index < -0.39 is 0 Å². The molecule has 2 aromatic rings. The molecule has 1 N–H and O–H groups in total. The first-order valence-corrected chi connectivity index (χ1v) is 4.35. The molecule has 6 nitrogen and oxygen atoms in total. The Morgan fingerprint density at radius 2 is 2.36 bits per heavy atom. The van der Waals surface area contributed by atoms with Gasteiger partial charge in [-0.25, -0.2) is 0 Å². The van der Waals surface area contributed by atoms with Crippen molar-refractivity contribution in [2.75, 3.05) is 7.05 Å². The van der Waals surface area contributed by atoms with Crippen LogP contribution in [0.1, 0.15) is 5.69 Å². The molecule has 0 fully saturated rings. The predicted molar refractivity (Wildman–Crippen MR) is 50.9 cm³/mol. The Morgan fingerprint density at radius 3 is 3.00 bits per heavy atom. The highest BCUT2D eigenvalue weighted by atomic mass is 15.5. The third-order valence-corrected chi connectivity index (χ3v) is 1.89. The molecule has 2 rings (SSSR count). The average Bonchev–Trinajstić information content (AvgIpc) is 2.74. The highest BCUT2D eigenvalue weighted by molar-refractivity contribution is 5.20. The van der Waals surface area contributed by atoms with Crippen LogP contribution >= 0.6 is 0 Å². The first kappa shape index (κ1) is 8.89. The fourth-order valence-electron chi connectivity index (χ4n) is 1.27. The summed E-state index contributed by atoms with van der Waals surface area (Å²) in [4.78, 5) is 0. The second kappa shape index (κ2) is 3.59. The van der Waals surface area contributed by atoms with Gasteiger partial charge in [0.15, 0.2) is 5.82 Å². The van der Waals surface area contributed by atoms with Crippen molar-refractivity contribution < 1.29 is 0 Å². The summed E-state index contributed by atoms with van der Waals surface area (Å²) in [7, 11) is 3.76. The van der Waals surface area contributed by atoms with Crippen LogP contribution in [0.3, 0.4) is 0 Å². The lowest BCUT2D eigenvalue weighted by atomic mass is 10.4. The fourth-order valence-corrected chi connectivity index (χ4v) is 1.27. The van der Waals surface area contributed by atoms with Gasteiger partial charge in [0.1, 0.15) is 0 Å². The molecule has 2 heterocycles. The van der Waals surface area contributed by atoms with E-state index in [1.165, 1.54) is 0 Å². The van der Waals surface area contributed by atoms with E-state index in [4.69, 9.17) is 0 Å². The topological polar surface area (TPSA) is 60.6 Å². The SMILES string of the molecule is CNCc1cnnn1-c1ccn(C)n1. The normalized spacial score (nSPS) is 10.7. The second-order valence-electron chi connectivity index (χ2n) is 3.02. The lowest BCUT2D eigenvalue weighted by molar-refractivity contribution is 0.677. The zero-order valence-electron chi connectivity index (χ0n) is 8.18. The van der Waals surface area contributed by atoms with Gasteiger partial charge in [-0.1, -0.05) is 5.21 Å². The summed E-state index contributed by atoms with van der Waals surface area (Å²) >= 11 is 0. The van der Waals surface area contributed by atoms with Crippen molar-refractivity contribution >= 4 is 0 Å². The predicted octanol–water partition coefficient (Wildman–Crippen LogP) is -0.280. The molecular weight excluding hydrogens is 180 g/mol. The Balaban J connectivity index is 2.36. The molecule has 0 aliphatic carbocycles. The lowest BCUT2D eigenvalue weighted by Crippen LogP contribution is -2.11. The van der Waals surface area contributed by atoms with Gasteiger partial charge in [-0.2, -0.15) is 9.78 Å². The van der Waals surface area contributed by atoms with Crippen molar-refractivity contribution in [2.45, 2.75) is 6.54 Å². The van der Waals surface area contributed by atoms with Gasteiger partial charge in [-0.3, -0.25) is 4.68 Å². The van der Waals surface area contributed by atoms with Gasteiger partial charge in [0, 0.05) is 25.9 Å². The molecule has 0 saturated carbocycles. The van der Waals surface area contributed by atoms with Crippen molar-refractivity contribution in [1.82, 2.24) is 30.1 Å². The van der Waals surface area contributed by atoms with Crippen LogP contribution < -0.4 is 5.32 Å². The van der Waals surface area contributed by atoms with Crippen molar-refractivity contribution in [3.05, 3.63) is 24.2 Å². The molecule has 74 valence electrons. The van der Waals surface area contributed by atoms with Gasteiger partial charge in [-0.15, -0.1) is 5.10 Å². The Labute approximate surface area is 81.5 Å². The number of nitrogens with zero attached hydrogens (tertiary/aromatic N) is 5. The molecule has 2 aromatic heterocycles. The molecule has 14 heavy (non-hydrogen) atoms. The largest absolute Gasteiger partial charge is 0.314 e. The van der Waals surface area contributed by atoms with Gasteiger partial charge in [0.25, 0.3) is 0 Å². The first-order chi connectivity index (χ1) is 6.81. The van der Waals surface area contributed by atoms with E-state index >= 15 is 0 Å². The highest BCUT2D eigenvalue weighted by Gasteiger charge is 2.06. The van der Waals surface area contributed by atoms with Crippen molar-refractivity contribution in [3.8, 4) is 5.82 Å². The molecule has 6 heteroatoms. The molecule has 0 aliphatic heterocycles. The summed E-state index contributed by atoms with van der Waals surface area (Å²) in [6.45, 7) is 0.726. The molecule has 0 unspecified atom stereocenters. The molecule has 0 saturated heterocycles. The van der Waals surface area contributed by atoms with Gasteiger partial charge in [0.2, 0.25) is 0 Å². The van der Waals surface area contributed by atoms with Crippen LogP contribution in [0, 0.1) is 0 Å². The summed E-state index contributed by atoms with van der Waals surface area (Å²) in [6, 6.07) is 1.90. The van der Waals surface area contributed by atoms with Crippen LogP contribution in [-0.2, 0) is 13.6 Å². The zero-order valence-corrected chi connectivity index (χ0v) is 8.18. The van der Waals surface area contributed by atoms with Crippen LogP contribution in [0.15, 0.2) is 18.5 Å². The molecule has 0 bridgehead atoms. The molecule has 0 aliphatic rings. The Hall–Kier alpha value is -1.69. The molecule has 0 spiro atoms. The summed E-state index contributed by atoms with van der Waals surface area (Å²) in [5.74, 6) is 0.787. The molecule has 0 aromatic carbocycles. The maximum Gasteiger partial charge on any atom is 0.177 e. The van der Waals surface area contributed by atoms with E-state index in [1.54, 1.807) is 15.6 Å². The number of hydrogen-bond acceptors (Lipinski definition) is 4. The van der Waals surface area contributed by atoms with E-state index in [0.29, 0.717) is 0 Å².